The van der Waals surface area contributed by atoms with Crippen LogP contribution in [-0.4, -0.2) is 22.8 Å². The summed E-state index contributed by atoms with van der Waals surface area (Å²) in [5.41, 5.74) is 2.31. The predicted octanol–water partition coefficient (Wildman–Crippen LogP) is 3.86. The fourth-order valence-corrected chi connectivity index (χ4v) is 2.39. The standard InChI is InChI=1S/C17H17F5N2O/c1-16(2,25)11-7-13(12(8-23)17(20,21)22)24-15(14(11)19)9-3-5-10(18)6-4-9/h3-7,12,25H,8,23H2,1-2H3/t12-/m1/s1. The van der Waals surface area contributed by atoms with Gasteiger partial charge in [-0.25, -0.2) is 13.8 Å². The second-order valence-electron chi connectivity index (χ2n) is 6.15. The topological polar surface area (TPSA) is 59.1 Å². The van der Waals surface area contributed by atoms with E-state index in [1.54, 1.807) is 0 Å². The van der Waals surface area contributed by atoms with Crippen molar-refractivity contribution in [1.29, 1.82) is 0 Å². The van der Waals surface area contributed by atoms with Crippen molar-refractivity contribution >= 4 is 0 Å². The highest BCUT2D eigenvalue weighted by Crippen LogP contribution is 2.37. The zero-order chi connectivity index (χ0) is 19.0. The minimum atomic E-state index is -4.68. The monoisotopic (exact) mass is 360 g/mol. The maximum absolute atomic E-state index is 14.8. The molecule has 3 N–H and O–H groups in total. The van der Waals surface area contributed by atoms with E-state index in [9.17, 15) is 27.1 Å². The smallest absolute Gasteiger partial charge is 0.386 e. The molecule has 0 amide bonds. The number of rotatable bonds is 4. The average Bonchev–Trinajstić information content (AvgIpc) is 2.47. The summed E-state index contributed by atoms with van der Waals surface area (Å²) in [5.74, 6) is -3.67. The Kier molecular flexibility index (Phi) is 5.15. The third kappa shape index (κ3) is 4.13. The van der Waals surface area contributed by atoms with Gasteiger partial charge in [0, 0.05) is 17.7 Å². The lowest BCUT2D eigenvalue weighted by Crippen LogP contribution is -2.30. The van der Waals surface area contributed by atoms with E-state index in [0.717, 1.165) is 18.2 Å². The van der Waals surface area contributed by atoms with Crippen molar-refractivity contribution < 1.29 is 27.1 Å². The molecule has 136 valence electrons. The molecule has 0 fully saturated rings. The minimum absolute atomic E-state index is 0.0872. The summed E-state index contributed by atoms with van der Waals surface area (Å²) in [6.07, 6.45) is -4.68. The van der Waals surface area contributed by atoms with Crippen molar-refractivity contribution in [3.05, 3.63) is 53.2 Å². The quantitative estimate of drug-likeness (QED) is 0.814. The van der Waals surface area contributed by atoms with Crippen LogP contribution in [0.25, 0.3) is 11.3 Å². The van der Waals surface area contributed by atoms with Gasteiger partial charge in [0.25, 0.3) is 0 Å². The maximum Gasteiger partial charge on any atom is 0.398 e. The molecule has 3 nitrogen and oxygen atoms in total. The van der Waals surface area contributed by atoms with Gasteiger partial charge in [-0.1, -0.05) is 0 Å². The zero-order valence-electron chi connectivity index (χ0n) is 13.5. The SMILES string of the molecule is CC(C)(O)c1cc([C@@H](CN)C(F)(F)F)nc(-c2ccc(F)cc2)c1F. The Labute approximate surface area is 141 Å². The van der Waals surface area contributed by atoms with Gasteiger partial charge in [0.1, 0.15) is 17.4 Å². The van der Waals surface area contributed by atoms with Crippen molar-refractivity contribution in [1.82, 2.24) is 4.98 Å². The molecule has 0 spiro atoms. The van der Waals surface area contributed by atoms with Crippen LogP contribution in [0.1, 0.15) is 31.0 Å². The Bertz CT molecular complexity index is 751. The van der Waals surface area contributed by atoms with Crippen LogP contribution in [0.15, 0.2) is 30.3 Å². The van der Waals surface area contributed by atoms with Crippen molar-refractivity contribution in [3.63, 3.8) is 0 Å². The van der Waals surface area contributed by atoms with Gasteiger partial charge >= 0.3 is 6.18 Å². The van der Waals surface area contributed by atoms with Gasteiger partial charge < -0.3 is 10.8 Å². The summed E-state index contributed by atoms with van der Waals surface area (Å²) in [4.78, 5) is 3.78. The fourth-order valence-electron chi connectivity index (χ4n) is 2.39. The Morgan fingerprint density at radius 2 is 1.68 bits per heavy atom. The Morgan fingerprint density at radius 3 is 2.12 bits per heavy atom. The highest BCUT2D eigenvalue weighted by molar-refractivity contribution is 5.61. The molecule has 2 rings (SSSR count). The molecule has 0 saturated carbocycles. The molecule has 0 radical (unpaired) electrons. The first kappa shape index (κ1) is 19.3. The molecule has 0 saturated heterocycles. The van der Waals surface area contributed by atoms with Gasteiger partial charge in [-0.05, 0) is 44.2 Å². The lowest BCUT2D eigenvalue weighted by Gasteiger charge is -2.24. The fraction of sp³-hybridized carbons (Fsp3) is 0.353. The molecule has 0 aliphatic carbocycles. The molecule has 0 unspecified atom stereocenters. The Hall–Kier alpha value is -2.06. The van der Waals surface area contributed by atoms with Gasteiger partial charge in [-0.2, -0.15) is 13.2 Å². The largest absolute Gasteiger partial charge is 0.398 e. The maximum atomic E-state index is 14.8. The molecule has 1 atom stereocenters. The van der Waals surface area contributed by atoms with E-state index in [4.69, 9.17) is 5.73 Å². The minimum Gasteiger partial charge on any atom is -0.386 e. The highest BCUT2D eigenvalue weighted by Gasteiger charge is 2.42. The molecule has 1 aromatic heterocycles. The predicted molar refractivity (Wildman–Crippen MR) is 82.7 cm³/mol. The third-order valence-electron chi connectivity index (χ3n) is 3.74. The second-order valence-corrected chi connectivity index (χ2v) is 6.15. The molecular formula is C17H17F5N2O. The van der Waals surface area contributed by atoms with E-state index in [1.165, 1.54) is 26.0 Å². The molecule has 2 aromatic rings. The van der Waals surface area contributed by atoms with Gasteiger partial charge in [0.05, 0.1) is 11.3 Å². The van der Waals surface area contributed by atoms with Crippen LogP contribution < -0.4 is 5.73 Å². The molecular weight excluding hydrogens is 343 g/mol. The second kappa shape index (κ2) is 6.68. The van der Waals surface area contributed by atoms with Crippen LogP contribution in [-0.2, 0) is 5.60 Å². The molecule has 0 aliphatic rings. The van der Waals surface area contributed by atoms with E-state index >= 15 is 0 Å². The summed E-state index contributed by atoms with van der Waals surface area (Å²) < 4.78 is 67.4. The van der Waals surface area contributed by atoms with Crippen LogP contribution in [0.2, 0.25) is 0 Å². The molecule has 25 heavy (non-hydrogen) atoms. The van der Waals surface area contributed by atoms with Crippen LogP contribution in [0.5, 0.6) is 0 Å². The highest BCUT2D eigenvalue weighted by atomic mass is 19.4. The number of pyridine rings is 1. The number of aliphatic hydroxyl groups is 1. The number of nitrogens with two attached hydrogens (primary N) is 1. The van der Waals surface area contributed by atoms with E-state index in [0.29, 0.717) is 0 Å². The van der Waals surface area contributed by atoms with Crippen molar-refractivity contribution in [2.45, 2.75) is 31.5 Å². The average molecular weight is 360 g/mol. The van der Waals surface area contributed by atoms with Gasteiger partial charge in [-0.3, -0.25) is 0 Å². The number of nitrogens with zero attached hydrogens (tertiary/aromatic N) is 1. The van der Waals surface area contributed by atoms with E-state index in [2.05, 4.69) is 4.98 Å². The molecule has 0 aliphatic heterocycles. The summed E-state index contributed by atoms with van der Waals surface area (Å²) in [5, 5.41) is 10.1. The molecule has 1 heterocycles. The van der Waals surface area contributed by atoms with Crippen LogP contribution in [0, 0.1) is 11.6 Å². The van der Waals surface area contributed by atoms with E-state index in [1.807, 2.05) is 0 Å². The lowest BCUT2D eigenvalue weighted by molar-refractivity contribution is -0.148. The number of halogens is 5. The van der Waals surface area contributed by atoms with E-state index < -0.39 is 47.3 Å². The van der Waals surface area contributed by atoms with Crippen LogP contribution in [0.4, 0.5) is 22.0 Å². The zero-order valence-corrected chi connectivity index (χ0v) is 13.5. The summed E-state index contributed by atoms with van der Waals surface area (Å²) >= 11 is 0. The number of hydrogen-bond donors (Lipinski definition) is 2. The first-order valence-corrected chi connectivity index (χ1v) is 7.41. The van der Waals surface area contributed by atoms with Crippen LogP contribution in [0.3, 0.4) is 0 Å². The Balaban J connectivity index is 2.74. The van der Waals surface area contributed by atoms with E-state index in [-0.39, 0.29) is 11.1 Å². The molecule has 1 aromatic carbocycles. The normalized spacial score (nSPS) is 13.8. The van der Waals surface area contributed by atoms with Gasteiger partial charge in [0.15, 0.2) is 5.82 Å². The van der Waals surface area contributed by atoms with Gasteiger partial charge in [-0.15, -0.1) is 0 Å². The molecule has 0 bridgehead atoms. The number of alkyl halides is 3. The van der Waals surface area contributed by atoms with Gasteiger partial charge in [0.2, 0.25) is 0 Å². The first-order valence-electron chi connectivity index (χ1n) is 7.41. The summed E-state index contributed by atoms with van der Waals surface area (Å²) in [6, 6.07) is 5.34. The number of benzene rings is 1. The molecule has 8 heteroatoms. The summed E-state index contributed by atoms with van der Waals surface area (Å²) in [7, 11) is 0. The number of hydrogen-bond acceptors (Lipinski definition) is 3. The first-order chi connectivity index (χ1) is 11.4. The Morgan fingerprint density at radius 1 is 1.12 bits per heavy atom. The number of aromatic nitrogens is 1. The summed E-state index contributed by atoms with van der Waals surface area (Å²) in [6.45, 7) is 1.71. The lowest BCUT2D eigenvalue weighted by atomic mass is 9.92. The third-order valence-corrected chi connectivity index (χ3v) is 3.74. The van der Waals surface area contributed by atoms with Crippen LogP contribution >= 0.6 is 0 Å². The van der Waals surface area contributed by atoms with Crippen molar-refractivity contribution in [3.8, 4) is 11.3 Å². The van der Waals surface area contributed by atoms with Crippen molar-refractivity contribution in [2.24, 2.45) is 5.73 Å². The van der Waals surface area contributed by atoms with Crippen molar-refractivity contribution in [2.75, 3.05) is 6.54 Å².